The molecule has 3 N–H and O–H groups in total. The molecule has 1 aliphatic carbocycles. The summed E-state index contributed by atoms with van der Waals surface area (Å²) < 4.78 is 22.5. The van der Waals surface area contributed by atoms with Gasteiger partial charge in [0.15, 0.2) is 5.82 Å². The van der Waals surface area contributed by atoms with E-state index in [4.69, 9.17) is 9.47 Å². The van der Waals surface area contributed by atoms with Crippen molar-refractivity contribution in [2.45, 2.75) is 38.1 Å². The molecule has 2 heterocycles. The van der Waals surface area contributed by atoms with Crippen molar-refractivity contribution in [1.29, 1.82) is 0 Å². The number of hydrogen-bond donors (Lipinski definition) is 3. The molecule has 2 aliphatic rings. The summed E-state index contributed by atoms with van der Waals surface area (Å²) in [4.78, 5) is 70.5. The molecule has 3 atom stereocenters. The molecule has 1 aliphatic heterocycles. The van der Waals surface area contributed by atoms with Gasteiger partial charge in [0, 0.05) is 57.1 Å². The summed E-state index contributed by atoms with van der Waals surface area (Å²) in [6, 6.07) is 9.21. The monoisotopic (exact) mass is 603 g/mol. The van der Waals surface area contributed by atoms with Crippen LogP contribution < -0.4 is 5.32 Å². The third-order valence-electron chi connectivity index (χ3n) is 7.29. The van der Waals surface area contributed by atoms with Crippen molar-refractivity contribution in [2.24, 2.45) is 5.92 Å². The van der Waals surface area contributed by atoms with Crippen LogP contribution >= 0.6 is 7.60 Å². The number of nitrogens with zero attached hydrogens (tertiary/aromatic N) is 4. The topological polar surface area (TPSA) is 171 Å². The van der Waals surface area contributed by atoms with Crippen LogP contribution in [0.5, 0.6) is 0 Å². The van der Waals surface area contributed by atoms with E-state index in [1.165, 1.54) is 9.80 Å². The number of rotatable bonds is 12. The van der Waals surface area contributed by atoms with Crippen LogP contribution in [0.2, 0.25) is 0 Å². The fraction of sp³-hybridized carbons (Fsp3) is 0.536. The largest absolute Gasteiger partial charge is 0.449 e. The number of amides is 3. The highest BCUT2D eigenvalue weighted by atomic mass is 31.2. The molecule has 2 fully saturated rings. The molecule has 0 bridgehead atoms. The highest BCUT2D eigenvalue weighted by Gasteiger charge is 2.40. The maximum absolute atomic E-state index is 13.5. The summed E-state index contributed by atoms with van der Waals surface area (Å²) in [6.07, 6.45) is 1.15. The second-order valence-corrected chi connectivity index (χ2v) is 12.3. The smallest absolute Gasteiger partial charge is 0.409 e. The fourth-order valence-electron chi connectivity index (χ4n) is 4.88. The van der Waals surface area contributed by atoms with Gasteiger partial charge in [-0.2, -0.15) is 0 Å². The molecule has 228 valence electrons. The average molecular weight is 604 g/mol. The van der Waals surface area contributed by atoms with Crippen LogP contribution in [0.25, 0.3) is 11.4 Å². The predicted octanol–water partition coefficient (Wildman–Crippen LogP) is 2.25. The number of carbonyl (C=O) groups excluding carboxylic acids is 3. The van der Waals surface area contributed by atoms with Crippen LogP contribution in [-0.4, -0.2) is 106 Å². The van der Waals surface area contributed by atoms with Crippen LogP contribution in [0.15, 0.2) is 36.4 Å². The lowest BCUT2D eigenvalue weighted by Gasteiger charge is -2.36. The summed E-state index contributed by atoms with van der Waals surface area (Å²) in [5.41, 5.74) is 1.35. The van der Waals surface area contributed by atoms with E-state index >= 15 is 0 Å². The number of benzene rings is 1. The molecule has 13 nitrogen and oxygen atoms in total. The van der Waals surface area contributed by atoms with Crippen molar-refractivity contribution >= 4 is 25.5 Å². The highest BCUT2D eigenvalue weighted by molar-refractivity contribution is 7.51. The molecule has 0 radical (unpaired) electrons. The van der Waals surface area contributed by atoms with Crippen molar-refractivity contribution in [1.82, 2.24) is 25.1 Å². The van der Waals surface area contributed by atoms with Crippen LogP contribution in [0.1, 0.15) is 48.3 Å². The van der Waals surface area contributed by atoms with Crippen molar-refractivity contribution in [3.8, 4) is 11.4 Å². The van der Waals surface area contributed by atoms with Crippen LogP contribution in [-0.2, 0) is 18.8 Å². The molecule has 1 unspecified atom stereocenters. The number of carbonyl (C=O) groups is 3. The standard InChI is InChI=1S/C28H38N5O8P/c1-3-4-14-41-28(36)33-12-10-32(11-13-33)27(35)24(18-42(37,38)39)31-26(34)23-16-22(21-15-20(21)17-40-2)29-25(30-23)19-8-6-5-7-9-19/h5-9,16,20-21,24H,3-4,10-15,17-18H2,1-2H3,(H,31,34)(H2,37,38,39)/t20-,21+,24?/m1/s1. The maximum Gasteiger partial charge on any atom is 0.409 e. The molecular weight excluding hydrogens is 565 g/mol. The molecular formula is C28H38N5O8P. The quantitative estimate of drug-likeness (QED) is 0.241. The minimum Gasteiger partial charge on any atom is -0.449 e. The van der Waals surface area contributed by atoms with E-state index in [2.05, 4.69) is 15.3 Å². The van der Waals surface area contributed by atoms with Gasteiger partial charge in [0.25, 0.3) is 5.91 Å². The maximum atomic E-state index is 13.5. The van der Waals surface area contributed by atoms with Crippen LogP contribution in [0.4, 0.5) is 4.79 Å². The van der Waals surface area contributed by atoms with E-state index in [1.807, 2.05) is 37.3 Å². The Bertz CT molecular complexity index is 1300. The molecule has 42 heavy (non-hydrogen) atoms. The van der Waals surface area contributed by atoms with Gasteiger partial charge in [0.1, 0.15) is 11.7 Å². The number of piperazine rings is 1. The van der Waals surface area contributed by atoms with Gasteiger partial charge in [0.2, 0.25) is 5.91 Å². The Morgan fingerprint density at radius 1 is 1.10 bits per heavy atom. The first-order chi connectivity index (χ1) is 20.1. The molecule has 1 aromatic carbocycles. The summed E-state index contributed by atoms with van der Waals surface area (Å²) >= 11 is 0. The minimum absolute atomic E-state index is 0.00919. The molecule has 14 heteroatoms. The first-order valence-corrected chi connectivity index (χ1v) is 15.9. The first kappa shape index (κ1) is 31.6. The van der Waals surface area contributed by atoms with Crippen LogP contribution in [0.3, 0.4) is 0 Å². The molecule has 3 amide bonds. The van der Waals surface area contributed by atoms with Gasteiger partial charge < -0.3 is 34.4 Å². The van der Waals surface area contributed by atoms with Gasteiger partial charge in [-0.05, 0) is 24.8 Å². The summed E-state index contributed by atoms with van der Waals surface area (Å²) in [5.74, 6) is -0.716. The Balaban J connectivity index is 1.50. The lowest BCUT2D eigenvalue weighted by Crippen LogP contribution is -2.56. The summed E-state index contributed by atoms with van der Waals surface area (Å²) in [6.45, 7) is 3.53. The summed E-state index contributed by atoms with van der Waals surface area (Å²) in [5, 5.41) is 2.51. The summed E-state index contributed by atoms with van der Waals surface area (Å²) in [7, 11) is -3.07. The normalized spacial score (nSPS) is 19.2. The number of hydrogen-bond acceptors (Lipinski definition) is 8. The van der Waals surface area contributed by atoms with Gasteiger partial charge in [-0.25, -0.2) is 14.8 Å². The Kier molecular flexibility index (Phi) is 10.7. The van der Waals surface area contributed by atoms with Crippen molar-refractivity contribution < 1.29 is 38.2 Å². The lowest BCUT2D eigenvalue weighted by molar-refractivity contribution is -0.134. The van der Waals surface area contributed by atoms with Gasteiger partial charge in [-0.15, -0.1) is 0 Å². The predicted molar refractivity (Wildman–Crippen MR) is 153 cm³/mol. The second kappa shape index (κ2) is 14.2. The Morgan fingerprint density at radius 2 is 1.79 bits per heavy atom. The Morgan fingerprint density at radius 3 is 2.43 bits per heavy atom. The van der Waals surface area contributed by atoms with Gasteiger partial charge in [-0.3, -0.25) is 14.2 Å². The first-order valence-electron chi connectivity index (χ1n) is 14.1. The molecule has 1 saturated carbocycles. The average Bonchev–Trinajstić information content (AvgIpc) is 3.75. The van der Waals surface area contributed by atoms with E-state index in [0.29, 0.717) is 30.3 Å². The van der Waals surface area contributed by atoms with Gasteiger partial charge in [0.05, 0.1) is 12.8 Å². The van der Waals surface area contributed by atoms with E-state index in [0.717, 1.165) is 19.3 Å². The Hall–Kier alpha value is -3.38. The number of ether oxygens (including phenoxy) is 2. The number of methoxy groups -OCH3 is 1. The van der Waals surface area contributed by atoms with Crippen molar-refractivity contribution in [3.63, 3.8) is 0 Å². The third-order valence-corrected chi connectivity index (χ3v) is 8.13. The van der Waals surface area contributed by atoms with E-state index in [9.17, 15) is 28.7 Å². The fourth-order valence-corrected chi connectivity index (χ4v) is 5.60. The van der Waals surface area contributed by atoms with E-state index < -0.39 is 37.7 Å². The number of aromatic nitrogens is 2. The zero-order valence-corrected chi connectivity index (χ0v) is 24.7. The molecule has 1 saturated heterocycles. The Labute approximate surface area is 244 Å². The SMILES string of the molecule is CCCCOC(=O)N1CCN(C(=O)C(CP(=O)(O)O)NC(=O)c2cc([C@H]3C[C@@H]3COC)nc(-c3ccccc3)n2)CC1. The molecule has 4 rings (SSSR count). The third kappa shape index (κ3) is 8.57. The van der Waals surface area contributed by atoms with Crippen molar-refractivity contribution in [2.75, 3.05) is 52.7 Å². The second-order valence-electron chi connectivity index (χ2n) is 10.6. The molecule has 1 aromatic heterocycles. The highest BCUT2D eigenvalue weighted by Crippen LogP contribution is 2.47. The van der Waals surface area contributed by atoms with Crippen molar-refractivity contribution in [3.05, 3.63) is 47.8 Å². The van der Waals surface area contributed by atoms with Crippen LogP contribution in [0, 0.1) is 5.92 Å². The number of unbranched alkanes of at least 4 members (excludes halogenated alkanes) is 1. The van der Waals surface area contributed by atoms with Gasteiger partial charge in [-0.1, -0.05) is 43.7 Å². The zero-order chi connectivity index (χ0) is 30.3. The van der Waals surface area contributed by atoms with E-state index in [-0.39, 0.29) is 43.7 Å². The molecule has 2 aromatic rings. The zero-order valence-electron chi connectivity index (χ0n) is 23.8. The molecule has 0 spiro atoms. The van der Waals surface area contributed by atoms with Gasteiger partial charge >= 0.3 is 13.7 Å². The minimum atomic E-state index is -4.70. The number of nitrogens with one attached hydrogen (secondary N) is 1. The lowest BCUT2D eigenvalue weighted by atomic mass is 10.1. The van der Waals surface area contributed by atoms with E-state index in [1.54, 1.807) is 13.2 Å².